The molecule has 3 aliphatic rings. The van der Waals surface area contributed by atoms with E-state index in [1.54, 1.807) is 0 Å². The van der Waals surface area contributed by atoms with E-state index in [1.165, 1.54) is 93.0 Å². The minimum Gasteiger partial charge on any atom is -0.265 e. The van der Waals surface area contributed by atoms with E-state index in [-0.39, 0.29) is 5.66 Å². The van der Waals surface area contributed by atoms with Crippen LogP contribution in [-0.2, 0) is 0 Å². The number of fused-ring (bicyclic) bond motifs is 2. The van der Waals surface area contributed by atoms with Crippen molar-refractivity contribution < 1.29 is 0 Å². The zero-order chi connectivity index (χ0) is 20.4. The molecule has 1 saturated heterocycles. The van der Waals surface area contributed by atoms with E-state index in [0.29, 0.717) is 12.1 Å². The topological polar surface area (TPSA) is 15.4 Å². The van der Waals surface area contributed by atoms with Crippen LogP contribution in [0.4, 0.5) is 0 Å². The highest BCUT2D eigenvalue weighted by atomic mass is 15.5. The maximum absolute atomic E-state index is 5.56. The molecule has 30 heavy (non-hydrogen) atoms. The van der Waals surface area contributed by atoms with Gasteiger partial charge in [0.1, 0.15) is 5.66 Å². The molecule has 2 nitrogen and oxygen atoms in total. The summed E-state index contributed by atoms with van der Waals surface area (Å²) in [5.41, 5.74) is 5.48. The number of aliphatic imine (C=N–C) groups is 1. The molecular weight excluding hydrogens is 364 g/mol. The van der Waals surface area contributed by atoms with Gasteiger partial charge in [-0.15, -0.1) is 0 Å². The van der Waals surface area contributed by atoms with Crippen molar-refractivity contribution in [3.05, 3.63) is 71.3 Å². The SMILES string of the molecule is Cc1ccc(C2=NC3(CCCCCCCCCCC3)N3[C@H]2[C@H]3c2ccccc2)cc1. The Labute approximate surface area is 182 Å². The fraction of sp³-hybridized carbons (Fsp3) is 0.536. The maximum atomic E-state index is 5.56. The first kappa shape index (κ1) is 20.0. The second kappa shape index (κ2) is 8.67. The summed E-state index contributed by atoms with van der Waals surface area (Å²) in [6, 6.07) is 21.2. The summed E-state index contributed by atoms with van der Waals surface area (Å²) in [7, 11) is 0. The molecule has 5 rings (SSSR count). The minimum absolute atomic E-state index is 0.0184. The fourth-order valence-electron chi connectivity index (χ4n) is 5.88. The van der Waals surface area contributed by atoms with Gasteiger partial charge in [0.2, 0.25) is 0 Å². The van der Waals surface area contributed by atoms with Crippen LogP contribution in [0, 0.1) is 6.92 Å². The van der Waals surface area contributed by atoms with Gasteiger partial charge in [0.25, 0.3) is 0 Å². The Hall–Kier alpha value is -1.93. The predicted octanol–water partition coefficient (Wildman–Crippen LogP) is 7.22. The van der Waals surface area contributed by atoms with Crippen LogP contribution < -0.4 is 0 Å². The van der Waals surface area contributed by atoms with Gasteiger partial charge in [-0.1, -0.05) is 105 Å². The molecule has 0 N–H and O–H groups in total. The summed E-state index contributed by atoms with van der Waals surface area (Å²) in [6.07, 6.45) is 14.9. The standard InChI is InChI=1S/C28H36N2/c1-22-16-18-23(19-17-22)25-27-26(24-14-10-9-11-15-24)30(27)28(29-25)20-12-7-5-3-2-4-6-8-13-21-28/h9-11,14-19,26-27H,2-8,12-13,20-21H2,1H3/t26-,27-,30?/m1/s1. The summed E-state index contributed by atoms with van der Waals surface area (Å²) in [4.78, 5) is 8.34. The first-order valence-corrected chi connectivity index (χ1v) is 12.3. The molecule has 0 radical (unpaired) electrons. The van der Waals surface area contributed by atoms with E-state index in [9.17, 15) is 0 Å². The monoisotopic (exact) mass is 400 g/mol. The van der Waals surface area contributed by atoms with Crippen LogP contribution in [0.25, 0.3) is 0 Å². The van der Waals surface area contributed by atoms with Crippen LogP contribution in [0.15, 0.2) is 59.6 Å². The van der Waals surface area contributed by atoms with E-state index in [2.05, 4.69) is 66.4 Å². The Balaban J connectivity index is 1.48. The molecule has 1 saturated carbocycles. The van der Waals surface area contributed by atoms with Gasteiger partial charge < -0.3 is 0 Å². The third-order valence-corrected chi connectivity index (χ3v) is 7.54. The quantitative estimate of drug-likeness (QED) is 0.486. The van der Waals surface area contributed by atoms with Gasteiger partial charge >= 0.3 is 0 Å². The molecule has 1 aliphatic carbocycles. The summed E-state index contributed by atoms with van der Waals surface area (Å²) < 4.78 is 0. The Kier molecular flexibility index (Phi) is 5.78. The number of benzene rings is 2. The molecule has 1 spiro atoms. The molecule has 2 aromatic carbocycles. The molecular formula is C28H36N2. The maximum Gasteiger partial charge on any atom is 0.114 e. The smallest absolute Gasteiger partial charge is 0.114 e. The van der Waals surface area contributed by atoms with E-state index in [1.807, 2.05) is 0 Å². The van der Waals surface area contributed by atoms with Gasteiger partial charge in [-0.05, 0) is 43.7 Å². The van der Waals surface area contributed by atoms with Crippen molar-refractivity contribution in [1.82, 2.24) is 4.90 Å². The molecule has 0 amide bonds. The molecule has 2 aliphatic heterocycles. The summed E-state index contributed by atoms with van der Waals surface area (Å²) >= 11 is 0. The zero-order valence-electron chi connectivity index (χ0n) is 18.5. The lowest BCUT2D eigenvalue weighted by molar-refractivity contribution is 0.182. The normalized spacial score (nSPS) is 28.8. The lowest BCUT2D eigenvalue weighted by Gasteiger charge is -2.31. The van der Waals surface area contributed by atoms with Crippen molar-refractivity contribution >= 4 is 5.71 Å². The number of aryl methyl sites for hydroxylation is 1. The zero-order valence-corrected chi connectivity index (χ0v) is 18.5. The van der Waals surface area contributed by atoms with Gasteiger partial charge in [-0.2, -0.15) is 0 Å². The average molecular weight is 401 g/mol. The second-order valence-electron chi connectivity index (χ2n) is 9.74. The highest BCUT2D eigenvalue weighted by molar-refractivity contribution is 6.08. The third kappa shape index (κ3) is 3.87. The number of hydrogen-bond donors (Lipinski definition) is 0. The highest BCUT2D eigenvalue weighted by Gasteiger charge is 2.64. The van der Waals surface area contributed by atoms with Crippen molar-refractivity contribution in [2.75, 3.05) is 0 Å². The van der Waals surface area contributed by atoms with Crippen molar-refractivity contribution in [3.8, 4) is 0 Å². The minimum atomic E-state index is 0.0184. The molecule has 158 valence electrons. The fourth-order valence-corrected chi connectivity index (χ4v) is 5.88. The highest BCUT2D eigenvalue weighted by Crippen LogP contribution is 2.58. The van der Waals surface area contributed by atoms with Crippen LogP contribution in [0.1, 0.15) is 93.4 Å². The molecule has 2 heterocycles. The molecule has 3 atom stereocenters. The van der Waals surface area contributed by atoms with Crippen LogP contribution in [-0.4, -0.2) is 22.3 Å². The van der Waals surface area contributed by atoms with Crippen LogP contribution in [0.2, 0.25) is 0 Å². The molecule has 2 aromatic rings. The van der Waals surface area contributed by atoms with Crippen LogP contribution >= 0.6 is 0 Å². The number of rotatable bonds is 2. The Morgan fingerprint density at radius 3 is 1.87 bits per heavy atom. The van der Waals surface area contributed by atoms with E-state index < -0.39 is 0 Å². The van der Waals surface area contributed by atoms with Crippen molar-refractivity contribution in [3.63, 3.8) is 0 Å². The van der Waals surface area contributed by atoms with Gasteiger partial charge in [0, 0.05) is 0 Å². The van der Waals surface area contributed by atoms with Crippen molar-refractivity contribution in [2.45, 2.75) is 95.3 Å². The van der Waals surface area contributed by atoms with E-state index >= 15 is 0 Å². The summed E-state index contributed by atoms with van der Waals surface area (Å²) in [5, 5.41) is 0. The molecule has 2 fully saturated rings. The molecule has 0 bridgehead atoms. The summed E-state index contributed by atoms with van der Waals surface area (Å²) in [5.74, 6) is 0. The van der Waals surface area contributed by atoms with E-state index in [0.717, 1.165) is 0 Å². The lowest BCUT2D eigenvalue weighted by Crippen LogP contribution is -2.34. The average Bonchev–Trinajstić information content (AvgIpc) is 3.43. The number of hydrogen-bond acceptors (Lipinski definition) is 2. The number of nitrogens with zero attached hydrogens (tertiary/aromatic N) is 2. The molecule has 0 aromatic heterocycles. The second-order valence-corrected chi connectivity index (χ2v) is 9.74. The van der Waals surface area contributed by atoms with Gasteiger partial charge in [-0.25, -0.2) is 0 Å². The van der Waals surface area contributed by atoms with Crippen molar-refractivity contribution in [2.24, 2.45) is 4.99 Å². The van der Waals surface area contributed by atoms with Crippen molar-refractivity contribution in [1.29, 1.82) is 0 Å². The van der Waals surface area contributed by atoms with E-state index in [4.69, 9.17) is 4.99 Å². The van der Waals surface area contributed by atoms with Gasteiger partial charge in [0.15, 0.2) is 0 Å². The molecule has 1 unspecified atom stereocenters. The first-order valence-electron chi connectivity index (χ1n) is 12.3. The van der Waals surface area contributed by atoms with Crippen LogP contribution in [0.3, 0.4) is 0 Å². The largest absolute Gasteiger partial charge is 0.265 e. The predicted molar refractivity (Wildman–Crippen MR) is 126 cm³/mol. The Morgan fingerprint density at radius 1 is 0.700 bits per heavy atom. The van der Waals surface area contributed by atoms with Gasteiger partial charge in [0.05, 0.1) is 17.8 Å². The Bertz CT molecular complexity index is 855. The van der Waals surface area contributed by atoms with Gasteiger partial charge in [-0.3, -0.25) is 9.89 Å². The summed E-state index contributed by atoms with van der Waals surface area (Å²) in [6.45, 7) is 2.17. The lowest BCUT2D eigenvalue weighted by atomic mass is 9.92. The molecule has 2 heteroatoms. The Morgan fingerprint density at radius 2 is 1.27 bits per heavy atom. The first-order chi connectivity index (χ1) is 14.8. The third-order valence-electron chi connectivity index (χ3n) is 7.54. The van der Waals surface area contributed by atoms with Crippen LogP contribution in [0.5, 0.6) is 0 Å².